The number of hydrogen-bond acceptors (Lipinski definition) is 7. The molecule has 1 aromatic heterocycles. The topological polar surface area (TPSA) is 135 Å². The first-order valence-electron chi connectivity index (χ1n) is 9.44. The summed E-state index contributed by atoms with van der Waals surface area (Å²) in [5.74, 6) is -0.603. The molecule has 1 saturated heterocycles. The van der Waals surface area contributed by atoms with Gasteiger partial charge in [-0.05, 0) is 43.4 Å². The Morgan fingerprint density at radius 2 is 2.31 bits per heavy atom. The van der Waals surface area contributed by atoms with E-state index in [9.17, 15) is 15.1 Å². The summed E-state index contributed by atoms with van der Waals surface area (Å²) in [5.41, 5.74) is 7.35. The first-order chi connectivity index (χ1) is 13.8. The van der Waals surface area contributed by atoms with Gasteiger partial charge in [-0.3, -0.25) is 9.48 Å². The van der Waals surface area contributed by atoms with E-state index in [0.717, 1.165) is 5.56 Å². The summed E-state index contributed by atoms with van der Waals surface area (Å²) in [4.78, 5) is 12.0. The summed E-state index contributed by atoms with van der Waals surface area (Å²) in [5, 5.41) is 27.2. The van der Waals surface area contributed by atoms with Crippen molar-refractivity contribution in [3.05, 3.63) is 35.5 Å². The first kappa shape index (κ1) is 19.5. The molecule has 1 unspecified atom stereocenters. The number of rotatable bonds is 4. The van der Waals surface area contributed by atoms with E-state index in [1.807, 2.05) is 26.0 Å². The Balaban J connectivity index is 1.66. The van der Waals surface area contributed by atoms with Crippen LogP contribution in [0.15, 0.2) is 24.4 Å². The summed E-state index contributed by atoms with van der Waals surface area (Å²) >= 11 is 0. The fourth-order valence-corrected chi connectivity index (χ4v) is 3.90. The lowest BCUT2D eigenvalue weighted by Crippen LogP contribution is -2.29. The second-order valence-corrected chi connectivity index (χ2v) is 7.81. The number of benzene rings is 1. The van der Waals surface area contributed by atoms with Crippen LogP contribution in [0.25, 0.3) is 0 Å². The summed E-state index contributed by atoms with van der Waals surface area (Å²) in [6.07, 6.45) is 2.15. The van der Waals surface area contributed by atoms with Crippen molar-refractivity contribution in [2.75, 3.05) is 18.5 Å². The fourth-order valence-electron chi connectivity index (χ4n) is 3.90. The Kier molecular flexibility index (Phi) is 4.82. The third-order valence-electron chi connectivity index (χ3n) is 5.46. The van der Waals surface area contributed by atoms with Crippen LogP contribution in [0.4, 0.5) is 11.5 Å². The van der Waals surface area contributed by atoms with Crippen molar-refractivity contribution in [3.63, 3.8) is 0 Å². The second kappa shape index (κ2) is 7.19. The largest absolute Gasteiger partial charge is 0.492 e. The normalized spacial score (nSPS) is 22.8. The molecule has 29 heavy (non-hydrogen) atoms. The van der Waals surface area contributed by atoms with E-state index in [1.54, 1.807) is 16.9 Å². The number of nitriles is 1. The van der Waals surface area contributed by atoms with Gasteiger partial charge in [0.2, 0.25) is 0 Å². The molecule has 0 radical (unpaired) electrons. The lowest BCUT2D eigenvalue weighted by atomic mass is 9.78. The SMILES string of the molecule is CC1(C)OB(O)c2cc(Nc3nn([C@@H]4COCCC4C#N)cc3C(N)=O)ccc21. The number of amides is 1. The molecule has 1 amide bonds. The van der Waals surface area contributed by atoms with Crippen molar-refractivity contribution in [3.8, 4) is 6.07 Å². The van der Waals surface area contributed by atoms with Gasteiger partial charge < -0.3 is 25.5 Å². The molecule has 2 aromatic rings. The fraction of sp³-hybridized carbons (Fsp3) is 0.421. The van der Waals surface area contributed by atoms with E-state index < -0.39 is 18.6 Å². The van der Waals surface area contributed by atoms with Crippen LogP contribution in [0.3, 0.4) is 0 Å². The average Bonchev–Trinajstić information content (AvgIpc) is 3.20. The predicted molar refractivity (Wildman–Crippen MR) is 106 cm³/mol. The molecule has 2 aliphatic heterocycles. The van der Waals surface area contributed by atoms with Gasteiger partial charge in [0, 0.05) is 18.5 Å². The van der Waals surface area contributed by atoms with Gasteiger partial charge >= 0.3 is 7.12 Å². The van der Waals surface area contributed by atoms with Gasteiger partial charge in [0.25, 0.3) is 5.91 Å². The smallest absolute Gasteiger partial charge is 0.423 e. The Hall–Kier alpha value is -2.87. The highest BCUT2D eigenvalue weighted by Crippen LogP contribution is 2.32. The molecule has 1 fully saturated rings. The maximum Gasteiger partial charge on any atom is 0.492 e. The maximum atomic E-state index is 12.0. The number of aromatic nitrogens is 2. The third-order valence-corrected chi connectivity index (χ3v) is 5.46. The van der Waals surface area contributed by atoms with Crippen molar-refractivity contribution < 1.29 is 19.2 Å². The van der Waals surface area contributed by atoms with Crippen LogP contribution >= 0.6 is 0 Å². The van der Waals surface area contributed by atoms with Crippen molar-refractivity contribution in [2.45, 2.75) is 31.9 Å². The molecule has 0 spiro atoms. The minimum absolute atomic E-state index is 0.213. The van der Waals surface area contributed by atoms with Crippen LogP contribution in [0.2, 0.25) is 0 Å². The maximum absolute atomic E-state index is 12.0. The number of nitrogens with two attached hydrogens (primary N) is 1. The summed E-state index contributed by atoms with van der Waals surface area (Å²) < 4.78 is 12.6. The summed E-state index contributed by atoms with van der Waals surface area (Å²) in [7, 11) is -1.02. The average molecular weight is 395 g/mol. The van der Waals surface area contributed by atoms with Gasteiger partial charge in [0.15, 0.2) is 5.82 Å². The molecular formula is C19H22BN5O4. The zero-order valence-corrected chi connectivity index (χ0v) is 16.3. The van der Waals surface area contributed by atoms with Crippen LogP contribution < -0.4 is 16.5 Å². The van der Waals surface area contributed by atoms with Crippen LogP contribution in [-0.4, -0.2) is 41.0 Å². The Bertz CT molecular complexity index is 999. The molecule has 2 atom stereocenters. The van der Waals surface area contributed by atoms with E-state index in [4.69, 9.17) is 15.1 Å². The van der Waals surface area contributed by atoms with E-state index in [2.05, 4.69) is 16.5 Å². The monoisotopic (exact) mass is 395 g/mol. The Labute approximate surface area is 168 Å². The zero-order chi connectivity index (χ0) is 20.8. The van der Waals surface area contributed by atoms with Gasteiger partial charge in [-0.2, -0.15) is 10.4 Å². The van der Waals surface area contributed by atoms with Crippen LogP contribution in [-0.2, 0) is 15.0 Å². The standard InChI is InChI=1S/C19H22BN5O4/c1-19(2)14-4-3-12(7-15(14)20(27)29-19)23-18-13(17(22)26)9-25(24-18)16-10-28-6-5-11(16)8-21/h3-4,7,9,11,16,27H,5-6,10H2,1-2H3,(H2,22,26)(H,23,24)/t11?,16-/m1/s1. The molecular weight excluding hydrogens is 373 g/mol. The molecule has 4 N–H and O–H groups in total. The molecule has 10 heteroatoms. The number of hydrogen-bond donors (Lipinski definition) is 3. The predicted octanol–water partition coefficient (Wildman–Crippen LogP) is 0.780. The minimum Gasteiger partial charge on any atom is -0.423 e. The van der Waals surface area contributed by atoms with Crippen molar-refractivity contribution >= 4 is 30.0 Å². The van der Waals surface area contributed by atoms with Crippen LogP contribution in [0.5, 0.6) is 0 Å². The van der Waals surface area contributed by atoms with E-state index in [1.165, 1.54) is 0 Å². The lowest BCUT2D eigenvalue weighted by Gasteiger charge is -2.26. The van der Waals surface area contributed by atoms with Crippen LogP contribution in [0.1, 0.15) is 42.2 Å². The third kappa shape index (κ3) is 3.48. The van der Waals surface area contributed by atoms with E-state index in [-0.39, 0.29) is 23.3 Å². The molecule has 0 saturated carbocycles. The highest BCUT2D eigenvalue weighted by molar-refractivity contribution is 6.62. The molecule has 0 aliphatic carbocycles. The highest BCUT2D eigenvalue weighted by Gasteiger charge is 2.40. The number of ether oxygens (including phenoxy) is 1. The van der Waals surface area contributed by atoms with Gasteiger partial charge in [-0.25, -0.2) is 0 Å². The number of carbonyl (C=O) groups excluding carboxylic acids is 1. The number of fused-ring (bicyclic) bond motifs is 1. The van der Waals surface area contributed by atoms with E-state index in [0.29, 0.717) is 30.8 Å². The highest BCUT2D eigenvalue weighted by atomic mass is 16.5. The lowest BCUT2D eigenvalue weighted by molar-refractivity contribution is 0.0342. The zero-order valence-electron chi connectivity index (χ0n) is 16.3. The second-order valence-electron chi connectivity index (χ2n) is 7.81. The van der Waals surface area contributed by atoms with Crippen molar-refractivity contribution in [1.82, 2.24) is 9.78 Å². The summed E-state index contributed by atoms with van der Waals surface area (Å²) in [6, 6.07) is 7.45. The Morgan fingerprint density at radius 1 is 1.52 bits per heavy atom. The molecule has 1 aromatic carbocycles. The van der Waals surface area contributed by atoms with Gasteiger partial charge in [-0.1, -0.05) is 6.07 Å². The quantitative estimate of drug-likeness (QED) is 0.651. The van der Waals surface area contributed by atoms with Gasteiger partial charge in [-0.15, -0.1) is 0 Å². The van der Waals surface area contributed by atoms with Crippen molar-refractivity contribution in [1.29, 1.82) is 5.26 Å². The van der Waals surface area contributed by atoms with E-state index >= 15 is 0 Å². The molecule has 3 heterocycles. The van der Waals surface area contributed by atoms with Crippen molar-refractivity contribution in [2.24, 2.45) is 11.7 Å². The first-order valence-corrected chi connectivity index (χ1v) is 9.44. The number of nitrogens with zero attached hydrogens (tertiary/aromatic N) is 3. The molecule has 9 nitrogen and oxygen atoms in total. The van der Waals surface area contributed by atoms with Crippen LogP contribution in [0, 0.1) is 17.2 Å². The molecule has 2 aliphatic rings. The van der Waals surface area contributed by atoms with Gasteiger partial charge in [0.1, 0.15) is 5.56 Å². The molecule has 150 valence electrons. The minimum atomic E-state index is -1.02. The molecule has 0 bridgehead atoms. The van der Waals surface area contributed by atoms with Gasteiger partial charge in [0.05, 0.1) is 30.2 Å². The number of anilines is 2. The number of carbonyl (C=O) groups is 1. The summed E-state index contributed by atoms with van der Waals surface area (Å²) in [6.45, 7) is 4.65. The Morgan fingerprint density at radius 3 is 3.03 bits per heavy atom. The number of primary amides is 1. The number of nitrogens with one attached hydrogen (secondary N) is 1. The molecule has 4 rings (SSSR count).